The Morgan fingerprint density at radius 1 is 1.19 bits per heavy atom. The van der Waals surface area contributed by atoms with Crippen molar-refractivity contribution in [3.63, 3.8) is 0 Å². The molecule has 0 saturated heterocycles. The van der Waals surface area contributed by atoms with Crippen molar-refractivity contribution in [1.82, 2.24) is 0 Å². The maximum Gasteiger partial charge on any atom is 0.189 e. The van der Waals surface area contributed by atoms with E-state index in [1.54, 1.807) is 0 Å². The molecule has 0 radical (unpaired) electrons. The number of benzene rings is 1. The zero-order chi connectivity index (χ0) is 19.1. The van der Waals surface area contributed by atoms with Crippen molar-refractivity contribution in [2.75, 3.05) is 20.1 Å². The molecular weight excluding hydrogens is 336 g/mol. The van der Waals surface area contributed by atoms with Crippen molar-refractivity contribution in [3.8, 4) is 18.2 Å². The van der Waals surface area contributed by atoms with E-state index in [0.29, 0.717) is 24.2 Å². The van der Waals surface area contributed by atoms with Crippen LogP contribution in [0.4, 0.5) is 8.78 Å². The molecule has 0 bridgehead atoms. The molecule has 4 atom stereocenters. The van der Waals surface area contributed by atoms with Crippen LogP contribution in [0.25, 0.3) is 0 Å². The highest BCUT2D eigenvalue weighted by atomic mass is 19.2. The van der Waals surface area contributed by atoms with Crippen LogP contribution in [0.5, 0.6) is 0 Å². The number of hydrogen-bond donors (Lipinski definition) is 2. The Bertz CT molecular complexity index is 917. The Hall–Kier alpha value is -3.08. The first kappa shape index (κ1) is 17.7. The van der Waals surface area contributed by atoms with Crippen molar-refractivity contribution in [3.05, 3.63) is 47.0 Å². The Morgan fingerprint density at radius 3 is 2.46 bits per heavy atom. The van der Waals surface area contributed by atoms with E-state index in [1.165, 1.54) is 6.07 Å². The summed E-state index contributed by atoms with van der Waals surface area (Å²) in [4.78, 5) is 1.11. The summed E-state index contributed by atoms with van der Waals surface area (Å²) >= 11 is 0. The van der Waals surface area contributed by atoms with Crippen LogP contribution in [0.1, 0.15) is 11.5 Å². The number of nitrogens with one attached hydrogen (secondary N) is 2. The van der Waals surface area contributed by atoms with Gasteiger partial charge in [0.15, 0.2) is 17.0 Å². The maximum atomic E-state index is 13.9. The second-order valence-electron chi connectivity index (χ2n) is 6.83. The molecule has 7 heteroatoms. The summed E-state index contributed by atoms with van der Waals surface area (Å²) in [7, 11) is 1.94. The van der Waals surface area contributed by atoms with E-state index in [-0.39, 0.29) is 11.6 Å². The summed E-state index contributed by atoms with van der Waals surface area (Å²) in [5.74, 6) is -4.26. The molecule has 5 nitrogen and oxygen atoms in total. The quantitative estimate of drug-likeness (QED) is 0.746. The van der Waals surface area contributed by atoms with Crippen molar-refractivity contribution < 1.29 is 13.7 Å². The molecule has 0 aromatic heterocycles. The second kappa shape index (κ2) is 6.33. The molecule has 1 heterocycles. The highest BCUT2D eigenvalue weighted by Gasteiger charge is 2.58. The lowest BCUT2D eigenvalue weighted by atomic mass is 9.54. The van der Waals surface area contributed by atoms with Crippen LogP contribution in [-0.2, 0) is 0 Å². The van der Waals surface area contributed by atoms with Gasteiger partial charge in [-0.2, -0.15) is 15.8 Å². The van der Waals surface area contributed by atoms with Gasteiger partial charge in [-0.05, 0) is 29.3 Å². The monoisotopic (exact) mass is 352 g/mol. The summed E-state index contributed by atoms with van der Waals surface area (Å²) in [6.07, 6.45) is 1.87. The van der Waals surface area contributed by atoms with Crippen LogP contribution in [-0.4, -0.2) is 25.8 Å². The zero-order valence-corrected chi connectivity index (χ0v) is 14.1. The highest BCUT2D eigenvalue weighted by Crippen LogP contribution is 2.52. The minimum Gasteiger partial charge on any atom is -0.334 e. The number of likely N-dealkylation sites (N-methyl/N-ethyl adjacent to an activating group) is 1. The Kier molecular flexibility index (Phi) is 4.32. The number of hydrogen-bond acceptors (Lipinski definition) is 4. The summed E-state index contributed by atoms with van der Waals surface area (Å²) in [6, 6.07) is 9.20. The topological polar surface area (TPSA) is 99.7 Å². The predicted molar refractivity (Wildman–Crippen MR) is 87.8 cm³/mol. The summed E-state index contributed by atoms with van der Waals surface area (Å²) in [5.41, 5.74) is -1.20. The van der Waals surface area contributed by atoms with Gasteiger partial charge in [0.1, 0.15) is 5.92 Å². The largest absolute Gasteiger partial charge is 0.334 e. The van der Waals surface area contributed by atoms with Gasteiger partial charge in [-0.3, -0.25) is 0 Å². The van der Waals surface area contributed by atoms with E-state index in [2.05, 4.69) is 0 Å². The van der Waals surface area contributed by atoms with Gasteiger partial charge in [-0.1, -0.05) is 6.07 Å². The molecule has 1 aliphatic carbocycles. The molecule has 2 aliphatic rings. The normalized spacial score (nSPS) is 29.5. The Morgan fingerprint density at radius 2 is 1.88 bits per heavy atom. The number of nitriles is 3. The first-order valence-corrected chi connectivity index (χ1v) is 8.16. The molecule has 2 N–H and O–H groups in total. The van der Waals surface area contributed by atoms with E-state index < -0.39 is 28.9 Å². The number of quaternary nitrogens is 1. The van der Waals surface area contributed by atoms with E-state index in [4.69, 9.17) is 5.41 Å². The van der Waals surface area contributed by atoms with Gasteiger partial charge in [0, 0.05) is 11.8 Å². The lowest BCUT2D eigenvalue weighted by Crippen LogP contribution is -3.10. The van der Waals surface area contributed by atoms with E-state index >= 15 is 0 Å². The van der Waals surface area contributed by atoms with Crippen molar-refractivity contribution in [1.29, 1.82) is 21.2 Å². The van der Waals surface area contributed by atoms with Crippen LogP contribution >= 0.6 is 0 Å². The number of nitrogens with zero attached hydrogens (tertiary/aromatic N) is 3. The standard InChI is InChI=1S/C19H15F2N5/c1-26-5-4-12-13(7-22)18(25)19(9-23,10-24)17(14(12)8-26)11-2-3-15(20)16(21)6-11/h2-4,6,13-14,17,25H,5,8H2,1H3/p+1/t13?,14-,17+/m0/s1. The van der Waals surface area contributed by atoms with Gasteiger partial charge in [-0.15, -0.1) is 0 Å². The number of rotatable bonds is 1. The van der Waals surface area contributed by atoms with Crippen LogP contribution in [0.2, 0.25) is 0 Å². The van der Waals surface area contributed by atoms with E-state index in [0.717, 1.165) is 17.0 Å². The molecule has 0 spiro atoms. The second-order valence-corrected chi connectivity index (χ2v) is 6.83. The molecule has 0 amide bonds. The van der Waals surface area contributed by atoms with Gasteiger partial charge in [0.25, 0.3) is 0 Å². The van der Waals surface area contributed by atoms with E-state index in [9.17, 15) is 24.6 Å². The predicted octanol–water partition coefficient (Wildman–Crippen LogP) is 1.33. The number of fused-ring (bicyclic) bond motifs is 1. The summed E-state index contributed by atoms with van der Waals surface area (Å²) in [6.45, 7) is 1.19. The third kappa shape index (κ3) is 2.39. The highest BCUT2D eigenvalue weighted by molar-refractivity contribution is 6.00. The minimum absolute atomic E-state index is 0.290. The van der Waals surface area contributed by atoms with Gasteiger partial charge in [-0.25, -0.2) is 8.78 Å². The summed E-state index contributed by atoms with van der Waals surface area (Å²) in [5, 5.41) is 37.6. The molecule has 130 valence electrons. The fraction of sp³-hybridized carbons (Fsp3) is 0.368. The lowest BCUT2D eigenvalue weighted by Gasteiger charge is -2.45. The SMILES string of the molecule is C[NH+]1CC=C2C(C#N)C(=N)C(C#N)(C#N)[C@H](c3ccc(F)c(F)c3)[C@H]2C1. The average Bonchev–Trinajstić information content (AvgIpc) is 2.63. The lowest BCUT2D eigenvalue weighted by molar-refractivity contribution is -0.878. The van der Waals surface area contributed by atoms with Gasteiger partial charge >= 0.3 is 0 Å². The molecule has 3 rings (SSSR count). The first-order chi connectivity index (χ1) is 12.4. The molecular formula is C19H16F2N5+. The van der Waals surface area contributed by atoms with Crippen LogP contribution < -0.4 is 4.90 Å². The Labute approximate surface area is 149 Å². The maximum absolute atomic E-state index is 13.9. The van der Waals surface area contributed by atoms with Gasteiger partial charge in [0.2, 0.25) is 0 Å². The molecule has 1 saturated carbocycles. The minimum atomic E-state index is -1.90. The molecule has 1 aromatic carbocycles. The average molecular weight is 352 g/mol. The smallest absolute Gasteiger partial charge is 0.189 e. The molecule has 1 aromatic rings. The molecule has 1 aliphatic heterocycles. The summed E-state index contributed by atoms with van der Waals surface area (Å²) < 4.78 is 27.3. The zero-order valence-electron chi connectivity index (χ0n) is 14.1. The fourth-order valence-electron chi connectivity index (χ4n) is 4.14. The molecule has 2 unspecified atom stereocenters. The third-order valence-electron chi connectivity index (χ3n) is 5.38. The van der Waals surface area contributed by atoms with Crippen molar-refractivity contribution in [2.45, 2.75) is 5.92 Å². The van der Waals surface area contributed by atoms with Crippen LogP contribution in [0.3, 0.4) is 0 Å². The first-order valence-electron chi connectivity index (χ1n) is 8.16. The van der Waals surface area contributed by atoms with Gasteiger partial charge in [0.05, 0.1) is 44.1 Å². The van der Waals surface area contributed by atoms with Crippen molar-refractivity contribution in [2.24, 2.45) is 17.3 Å². The third-order valence-corrected chi connectivity index (χ3v) is 5.38. The Balaban J connectivity index is 2.28. The van der Waals surface area contributed by atoms with Gasteiger partial charge < -0.3 is 10.3 Å². The molecule has 26 heavy (non-hydrogen) atoms. The van der Waals surface area contributed by atoms with Crippen molar-refractivity contribution >= 4 is 5.71 Å². The fourth-order valence-corrected chi connectivity index (χ4v) is 4.14. The van der Waals surface area contributed by atoms with Crippen LogP contribution in [0.15, 0.2) is 29.8 Å². The molecule has 1 fully saturated rings. The number of halogens is 2. The van der Waals surface area contributed by atoms with E-state index in [1.807, 2.05) is 31.3 Å². The van der Waals surface area contributed by atoms with Crippen LogP contribution in [0, 0.1) is 68.3 Å².